The molecule has 5 nitrogen and oxygen atoms in total. The van der Waals surface area contributed by atoms with Gasteiger partial charge in [-0.05, 0) is 24.1 Å². The van der Waals surface area contributed by atoms with Gasteiger partial charge in [0.25, 0.3) is 0 Å². The van der Waals surface area contributed by atoms with Gasteiger partial charge in [-0.1, -0.05) is 12.1 Å². The van der Waals surface area contributed by atoms with E-state index in [0.29, 0.717) is 6.54 Å². The fraction of sp³-hybridized carbons (Fsp3) is 0.500. The van der Waals surface area contributed by atoms with Gasteiger partial charge >= 0.3 is 6.03 Å². The predicted octanol–water partition coefficient (Wildman–Crippen LogP) is 1.36. The minimum Gasteiger partial charge on any atom is -0.496 e. The Kier molecular flexibility index (Phi) is 6.15. The molecule has 19 heavy (non-hydrogen) atoms. The summed E-state index contributed by atoms with van der Waals surface area (Å²) >= 11 is 0. The molecule has 0 spiro atoms. The number of aryl methyl sites for hydroxylation is 1. The van der Waals surface area contributed by atoms with Crippen molar-refractivity contribution >= 4 is 6.03 Å². The van der Waals surface area contributed by atoms with Crippen LogP contribution >= 0.6 is 0 Å². The van der Waals surface area contributed by atoms with Gasteiger partial charge in [0.2, 0.25) is 0 Å². The Balaban J connectivity index is 2.26. The monoisotopic (exact) mass is 265 g/mol. The van der Waals surface area contributed by atoms with E-state index < -0.39 is 0 Å². The van der Waals surface area contributed by atoms with Crippen LogP contribution in [0.25, 0.3) is 0 Å². The number of amides is 2. The van der Waals surface area contributed by atoms with Crippen molar-refractivity contribution in [2.75, 3.05) is 34.3 Å². The maximum atomic E-state index is 11.3. The lowest BCUT2D eigenvalue weighted by Crippen LogP contribution is -2.38. The van der Waals surface area contributed by atoms with E-state index in [9.17, 15) is 4.79 Å². The molecule has 0 saturated heterocycles. The quantitative estimate of drug-likeness (QED) is 0.764. The lowest BCUT2D eigenvalue weighted by molar-refractivity contribution is 0.217. The van der Waals surface area contributed by atoms with Gasteiger partial charge in [-0.2, -0.15) is 0 Å². The molecule has 0 unspecified atom stereocenters. The first-order chi connectivity index (χ1) is 9.04. The second-order valence-electron chi connectivity index (χ2n) is 4.61. The van der Waals surface area contributed by atoms with Crippen molar-refractivity contribution < 1.29 is 9.53 Å². The van der Waals surface area contributed by atoms with Crippen LogP contribution in [-0.2, 0) is 6.54 Å². The van der Waals surface area contributed by atoms with Crippen molar-refractivity contribution in [3.05, 3.63) is 29.3 Å². The highest BCUT2D eigenvalue weighted by atomic mass is 16.5. The van der Waals surface area contributed by atoms with Gasteiger partial charge in [0.1, 0.15) is 5.75 Å². The Morgan fingerprint density at radius 1 is 1.32 bits per heavy atom. The van der Waals surface area contributed by atoms with Gasteiger partial charge in [-0.25, -0.2) is 4.79 Å². The van der Waals surface area contributed by atoms with Crippen LogP contribution in [0.1, 0.15) is 11.1 Å². The van der Waals surface area contributed by atoms with E-state index in [4.69, 9.17) is 4.74 Å². The first-order valence-electron chi connectivity index (χ1n) is 6.34. The molecule has 0 heterocycles. The predicted molar refractivity (Wildman–Crippen MR) is 76.5 cm³/mol. The third-order valence-corrected chi connectivity index (χ3v) is 2.77. The molecular weight excluding hydrogens is 242 g/mol. The summed E-state index contributed by atoms with van der Waals surface area (Å²) in [7, 11) is 5.12. The first-order valence-corrected chi connectivity index (χ1v) is 6.34. The van der Waals surface area contributed by atoms with Gasteiger partial charge in [-0.15, -0.1) is 0 Å². The Labute approximate surface area is 114 Å². The molecule has 0 radical (unpaired) electrons. The number of rotatable bonds is 6. The maximum Gasteiger partial charge on any atom is 0.316 e. The van der Waals surface area contributed by atoms with Crippen LogP contribution in [0, 0.1) is 6.92 Å². The third-order valence-electron chi connectivity index (χ3n) is 2.77. The summed E-state index contributed by atoms with van der Waals surface area (Å²) in [4.78, 5) is 12.8. The lowest BCUT2D eigenvalue weighted by Gasteiger charge is -2.12. The highest BCUT2D eigenvalue weighted by Gasteiger charge is 2.01. The minimum absolute atomic E-state index is 0.0675. The molecule has 0 aromatic heterocycles. The van der Waals surface area contributed by atoms with E-state index in [1.54, 1.807) is 21.2 Å². The SMILES string of the molecule is COc1ccc(CNCCNC(=O)N(C)C)cc1C. The highest BCUT2D eigenvalue weighted by molar-refractivity contribution is 5.73. The van der Waals surface area contributed by atoms with Crippen LogP contribution in [0.5, 0.6) is 5.75 Å². The molecule has 1 aromatic carbocycles. The van der Waals surface area contributed by atoms with E-state index >= 15 is 0 Å². The molecule has 0 aliphatic heterocycles. The standard InChI is InChI=1S/C14H23N3O2/c1-11-9-12(5-6-13(11)19-4)10-15-7-8-16-14(18)17(2)3/h5-6,9,15H,7-8,10H2,1-4H3,(H,16,18). The largest absolute Gasteiger partial charge is 0.496 e. The normalized spacial score (nSPS) is 10.1. The van der Waals surface area contributed by atoms with Crippen LogP contribution in [0.3, 0.4) is 0 Å². The van der Waals surface area contributed by atoms with Gasteiger partial charge in [0.05, 0.1) is 7.11 Å². The number of carbonyl (C=O) groups excluding carboxylic acids is 1. The molecule has 0 bridgehead atoms. The van der Waals surface area contributed by atoms with Gasteiger partial charge in [0, 0.05) is 33.7 Å². The van der Waals surface area contributed by atoms with Crippen molar-refractivity contribution in [2.24, 2.45) is 0 Å². The zero-order chi connectivity index (χ0) is 14.3. The number of carbonyl (C=O) groups is 1. The van der Waals surface area contributed by atoms with Crippen molar-refractivity contribution in [1.29, 1.82) is 0 Å². The summed E-state index contributed by atoms with van der Waals surface area (Å²) in [5.74, 6) is 0.905. The molecule has 0 saturated carbocycles. The van der Waals surface area contributed by atoms with E-state index in [-0.39, 0.29) is 6.03 Å². The zero-order valence-electron chi connectivity index (χ0n) is 12.1. The third kappa shape index (κ3) is 5.18. The molecule has 0 atom stereocenters. The number of benzene rings is 1. The minimum atomic E-state index is -0.0675. The van der Waals surface area contributed by atoms with E-state index in [2.05, 4.69) is 16.7 Å². The summed E-state index contributed by atoms with van der Waals surface area (Å²) in [6.07, 6.45) is 0. The molecule has 2 amide bonds. The van der Waals surface area contributed by atoms with Crippen LogP contribution in [0.15, 0.2) is 18.2 Å². The van der Waals surface area contributed by atoms with Gasteiger partial charge < -0.3 is 20.3 Å². The topological polar surface area (TPSA) is 53.6 Å². The second-order valence-corrected chi connectivity index (χ2v) is 4.61. The average Bonchev–Trinajstić information content (AvgIpc) is 2.38. The molecule has 0 aliphatic rings. The van der Waals surface area contributed by atoms with Crippen molar-refractivity contribution in [3.8, 4) is 5.75 Å². The maximum absolute atomic E-state index is 11.3. The second kappa shape index (κ2) is 7.63. The smallest absolute Gasteiger partial charge is 0.316 e. The van der Waals surface area contributed by atoms with Gasteiger partial charge in [0.15, 0.2) is 0 Å². The van der Waals surface area contributed by atoms with Crippen LogP contribution in [0.2, 0.25) is 0 Å². The summed E-state index contributed by atoms with van der Waals surface area (Å²) in [6, 6.07) is 6.05. The molecular formula is C14H23N3O2. The van der Waals surface area contributed by atoms with Crippen LogP contribution in [0.4, 0.5) is 4.79 Å². The number of methoxy groups -OCH3 is 1. The van der Waals surface area contributed by atoms with E-state index in [1.807, 2.05) is 19.1 Å². The fourth-order valence-corrected chi connectivity index (χ4v) is 1.70. The number of nitrogens with zero attached hydrogens (tertiary/aromatic N) is 1. The van der Waals surface area contributed by atoms with Crippen molar-refractivity contribution in [1.82, 2.24) is 15.5 Å². The summed E-state index contributed by atoms with van der Waals surface area (Å²) in [5.41, 5.74) is 2.33. The average molecular weight is 265 g/mol. The number of urea groups is 1. The lowest BCUT2D eigenvalue weighted by atomic mass is 10.1. The van der Waals surface area contributed by atoms with Crippen LogP contribution in [-0.4, -0.2) is 45.2 Å². The Morgan fingerprint density at radius 2 is 2.05 bits per heavy atom. The Hall–Kier alpha value is -1.75. The van der Waals surface area contributed by atoms with Crippen molar-refractivity contribution in [2.45, 2.75) is 13.5 Å². The number of ether oxygens (including phenoxy) is 1. The summed E-state index contributed by atoms with van der Waals surface area (Å²) < 4.78 is 5.22. The van der Waals surface area contributed by atoms with Gasteiger partial charge in [-0.3, -0.25) is 0 Å². The molecule has 106 valence electrons. The molecule has 2 N–H and O–H groups in total. The number of hydrogen-bond donors (Lipinski definition) is 2. The molecule has 5 heteroatoms. The summed E-state index contributed by atoms with van der Waals surface area (Å²) in [5, 5.41) is 6.09. The Morgan fingerprint density at radius 3 is 2.63 bits per heavy atom. The highest BCUT2D eigenvalue weighted by Crippen LogP contribution is 2.18. The van der Waals surface area contributed by atoms with Crippen LogP contribution < -0.4 is 15.4 Å². The van der Waals surface area contributed by atoms with Crippen molar-refractivity contribution in [3.63, 3.8) is 0 Å². The molecule has 0 fully saturated rings. The number of nitrogens with one attached hydrogen (secondary N) is 2. The van der Waals surface area contributed by atoms with E-state index in [1.165, 1.54) is 10.5 Å². The number of hydrogen-bond acceptors (Lipinski definition) is 3. The fourth-order valence-electron chi connectivity index (χ4n) is 1.70. The summed E-state index contributed by atoms with van der Waals surface area (Å²) in [6.45, 7) is 4.17. The molecule has 0 aliphatic carbocycles. The molecule has 1 aromatic rings. The molecule has 1 rings (SSSR count). The first kappa shape index (κ1) is 15.3. The van der Waals surface area contributed by atoms with E-state index in [0.717, 1.165) is 24.4 Å². The Bertz CT molecular complexity index is 419. The zero-order valence-corrected chi connectivity index (χ0v) is 12.1.